The maximum atomic E-state index is 10.2. The SMILES string of the molecule is CCC1CCC(O)C(CN(C)CC2CCCCC2)C1. The predicted molar refractivity (Wildman–Crippen MR) is 81.2 cm³/mol. The molecule has 3 unspecified atom stereocenters. The maximum absolute atomic E-state index is 10.2. The average molecular weight is 267 g/mol. The molecular formula is C17H33NO. The Morgan fingerprint density at radius 1 is 0.947 bits per heavy atom. The Hall–Kier alpha value is -0.0800. The fraction of sp³-hybridized carbons (Fsp3) is 1.00. The Kier molecular flexibility index (Phi) is 6.15. The smallest absolute Gasteiger partial charge is 0.0580 e. The molecule has 0 bridgehead atoms. The molecule has 2 nitrogen and oxygen atoms in total. The van der Waals surface area contributed by atoms with Gasteiger partial charge in [-0.25, -0.2) is 0 Å². The van der Waals surface area contributed by atoms with Crippen LogP contribution in [0.2, 0.25) is 0 Å². The van der Waals surface area contributed by atoms with Gasteiger partial charge in [0.05, 0.1) is 6.10 Å². The molecule has 0 aromatic carbocycles. The first-order chi connectivity index (χ1) is 9.19. The van der Waals surface area contributed by atoms with E-state index >= 15 is 0 Å². The van der Waals surface area contributed by atoms with Gasteiger partial charge >= 0.3 is 0 Å². The van der Waals surface area contributed by atoms with Crippen molar-refractivity contribution in [3.63, 3.8) is 0 Å². The number of aliphatic hydroxyl groups is 1. The summed E-state index contributed by atoms with van der Waals surface area (Å²) in [5.74, 6) is 2.30. The number of hydrogen-bond acceptors (Lipinski definition) is 2. The molecule has 0 aromatic rings. The zero-order valence-electron chi connectivity index (χ0n) is 13.0. The molecule has 112 valence electrons. The van der Waals surface area contributed by atoms with Crippen molar-refractivity contribution in [3.8, 4) is 0 Å². The third-order valence-electron chi connectivity index (χ3n) is 5.47. The number of hydrogen-bond donors (Lipinski definition) is 1. The van der Waals surface area contributed by atoms with E-state index in [-0.39, 0.29) is 6.10 Å². The third kappa shape index (κ3) is 4.75. The van der Waals surface area contributed by atoms with Crippen molar-refractivity contribution in [1.29, 1.82) is 0 Å². The van der Waals surface area contributed by atoms with Gasteiger partial charge in [0.2, 0.25) is 0 Å². The summed E-state index contributed by atoms with van der Waals surface area (Å²) >= 11 is 0. The van der Waals surface area contributed by atoms with Crippen LogP contribution in [0.5, 0.6) is 0 Å². The molecule has 2 rings (SSSR count). The van der Waals surface area contributed by atoms with Crippen LogP contribution in [0.3, 0.4) is 0 Å². The molecule has 0 heterocycles. The molecule has 2 fully saturated rings. The third-order valence-corrected chi connectivity index (χ3v) is 5.47. The number of nitrogens with zero attached hydrogens (tertiary/aromatic N) is 1. The highest BCUT2D eigenvalue weighted by molar-refractivity contribution is 4.81. The second-order valence-corrected chi connectivity index (χ2v) is 7.14. The van der Waals surface area contributed by atoms with Crippen molar-refractivity contribution in [1.82, 2.24) is 4.90 Å². The fourth-order valence-electron chi connectivity index (χ4n) is 4.20. The molecule has 2 heteroatoms. The van der Waals surface area contributed by atoms with E-state index < -0.39 is 0 Å². The molecule has 0 spiro atoms. The highest BCUT2D eigenvalue weighted by Gasteiger charge is 2.29. The van der Waals surface area contributed by atoms with Gasteiger partial charge in [-0.2, -0.15) is 0 Å². The molecule has 19 heavy (non-hydrogen) atoms. The van der Waals surface area contributed by atoms with Crippen molar-refractivity contribution >= 4 is 0 Å². The topological polar surface area (TPSA) is 23.5 Å². The van der Waals surface area contributed by atoms with Crippen LogP contribution in [0, 0.1) is 17.8 Å². The summed E-state index contributed by atoms with van der Waals surface area (Å²) in [4.78, 5) is 2.50. The van der Waals surface area contributed by atoms with Gasteiger partial charge in [0, 0.05) is 13.1 Å². The summed E-state index contributed by atoms with van der Waals surface area (Å²) < 4.78 is 0. The largest absolute Gasteiger partial charge is 0.393 e. The van der Waals surface area contributed by atoms with Crippen LogP contribution in [0.4, 0.5) is 0 Å². The minimum atomic E-state index is -0.0448. The molecule has 0 amide bonds. The molecule has 0 saturated heterocycles. The quantitative estimate of drug-likeness (QED) is 0.821. The van der Waals surface area contributed by atoms with Crippen molar-refractivity contribution in [2.75, 3.05) is 20.1 Å². The van der Waals surface area contributed by atoms with Crippen LogP contribution >= 0.6 is 0 Å². The zero-order valence-corrected chi connectivity index (χ0v) is 13.0. The van der Waals surface area contributed by atoms with Crippen LogP contribution in [0.15, 0.2) is 0 Å². The Bertz CT molecular complexity index is 250. The molecule has 0 aromatic heterocycles. The van der Waals surface area contributed by atoms with E-state index in [1.54, 1.807) is 0 Å². The maximum Gasteiger partial charge on any atom is 0.0580 e. The zero-order chi connectivity index (χ0) is 13.7. The van der Waals surface area contributed by atoms with E-state index in [9.17, 15) is 5.11 Å². The molecular weight excluding hydrogens is 234 g/mol. The monoisotopic (exact) mass is 267 g/mol. The Balaban J connectivity index is 1.74. The fourth-order valence-corrected chi connectivity index (χ4v) is 4.20. The minimum absolute atomic E-state index is 0.0448. The Morgan fingerprint density at radius 3 is 2.37 bits per heavy atom. The first-order valence-electron chi connectivity index (χ1n) is 8.55. The summed E-state index contributed by atoms with van der Waals surface area (Å²) in [6.45, 7) is 4.65. The summed E-state index contributed by atoms with van der Waals surface area (Å²) in [7, 11) is 2.26. The lowest BCUT2D eigenvalue weighted by atomic mass is 9.78. The lowest BCUT2D eigenvalue weighted by molar-refractivity contribution is 0.0278. The lowest BCUT2D eigenvalue weighted by Gasteiger charge is -2.36. The average Bonchev–Trinajstić information content (AvgIpc) is 2.42. The van der Waals surface area contributed by atoms with Crippen LogP contribution in [-0.2, 0) is 0 Å². The molecule has 2 saturated carbocycles. The summed E-state index contributed by atoms with van der Waals surface area (Å²) in [5, 5.41) is 10.2. The van der Waals surface area contributed by atoms with Crippen LogP contribution in [0.25, 0.3) is 0 Å². The minimum Gasteiger partial charge on any atom is -0.393 e. The van der Waals surface area contributed by atoms with E-state index in [0.717, 1.165) is 24.8 Å². The summed E-state index contributed by atoms with van der Waals surface area (Å²) in [5.41, 5.74) is 0. The van der Waals surface area contributed by atoms with Gasteiger partial charge in [0.15, 0.2) is 0 Å². The van der Waals surface area contributed by atoms with Crippen LogP contribution < -0.4 is 0 Å². The second-order valence-electron chi connectivity index (χ2n) is 7.14. The van der Waals surface area contributed by atoms with Gasteiger partial charge in [-0.05, 0) is 56.9 Å². The van der Waals surface area contributed by atoms with Gasteiger partial charge < -0.3 is 10.0 Å². The Morgan fingerprint density at radius 2 is 1.68 bits per heavy atom. The van der Waals surface area contributed by atoms with E-state index in [4.69, 9.17) is 0 Å². The van der Waals surface area contributed by atoms with E-state index in [1.165, 1.54) is 57.9 Å². The first-order valence-corrected chi connectivity index (χ1v) is 8.55. The molecule has 1 N–H and O–H groups in total. The van der Waals surface area contributed by atoms with Gasteiger partial charge in [0.25, 0.3) is 0 Å². The van der Waals surface area contributed by atoms with Crippen LogP contribution in [-0.4, -0.2) is 36.2 Å². The number of aliphatic hydroxyl groups excluding tert-OH is 1. The highest BCUT2D eigenvalue weighted by Crippen LogP contribution is 2.32. The summed E-state index contributed by atoms with van der Waals surface area (Å²) in [6.07, 6.45) is 11.9. The first kappa shape index (κ1) is 15.3. The van der Waals surface area contributed by atoms with Gasteiger partial charge in [-0.3, -0.25) is 0 Å². The van der Waals surface area contributed by atoms with E-state index in [0.29, 0.717) is 5.92 Å². The molecule has 2 aliphatic carbocycles. The Labute approximate surface area is 119 Å². The lowest BCUT2D eigenvalue weighted by Crippen LogP contribution is -2.39. The second kappa shape index (κ2) is 7.64. The normalized spacial score (nSPS) is 33.8. The summed E-state index contributed by atoms with van der Waals surface area (Å²) in [6, 6.07) is 0. The van der Waals surface area contributed by atoms with E-state index in [2.05, 4.69) is 18.9 Å². The molecule has 0 radical (unpaired) electrons. The van der Waals surface area contributed by atoms with E-state index in [1.807, 2.05) is 0 Å². The molecule has 3 atom stereocenters. The van der Waals surface area contributed by atoms with Crippen molar-refractivity contribution in [2.24, 2.45) is 17.8 Å². The highest BCUT2D eigenvalue weighted by atomic mass is 16.3. The predicted octanol–water partition coefficient (Wildman–Crippen LogP) is 3.69. The van der Waals surface area contributed by atoms with Crippen molar-refractivity contribution < 1.29 is 5.11 Å². The molecule has 2 aliphatic rings. The van der Waals surface area contributed by atoms with Crippen molar-refractivity contribution in [2.45, 2.75) is 70.8 Å². The van der Waals surface area contributed by atoms with Crippen LogP contribution in [0.1, 0.15) is 64.7 Å². The molecule has 0 aliphatic heterocycles. The van der Waals surface area contributed by atoms with Crippen molar-refractivity contribution in [3.05, 3.63) is 0 Å². The van der Waals surface area contributed by atoms with Gasteiger partial charge in [-0.1, -0.05) is 32.6 Å². The number of rotatable bonds is 5. The van der Waals surface area contributed by atoms with Gasteiger partial charge in [-0.15, -0.1) is 0 Å². The van der Waals surface area contributed by atoms with Gasteiger partial charge in [0.1, 0.15) is 0 Å². The standard InChI is InChI=1S/C17H33NO/c1-3-14-9-10-17(19)16(11-14)13-18(2)12-15-7-5-4-6-8-15/h14-17,19H,3-13H2,1-2H3.